The number of nitrogens with one attached hydrogen (secondary N) is 1. The van der Waals surface area contributed by atoms with Gasteiger partial charge in [-0.15, -0.1) is 11.3 Å². The summed E-state index contributed by atoms with van der Waals surface area (Å²) in [6, 6.07) is 7.47. The zero-order chi connectivity index (χ0) is 24.3. The number of para-hydroxylation sites is 1. The minimum Gasteiger partial charge on any atom is -0.771 e. The van der Waals surface area contributed by atoms with Crippen LogP contribution in [0.4, 0.5) is 10.5 Å². The molecule has 2 aliphatic heterocycles. The summed E-state index contributed by atoms with van der Waals surface area (Å²) in [5.41, 5.74) is 2.66. The summed E-state index contributed by atoms with van der Waals surface area (Å²) < 4.78 is 27.3. The lowest BCUT2D eigenvalue weighted by molar-refractivity contribution is 0.0204. The molecule has 2 atom stereocenters. The Morgan fingerprint density at radius 1 is 1.32 bits per heavy atom. The zero-order valence-electron chi connectivity index (χ0n) is 19.5. The van der Waals surface area contributed by atoms with Crippen molar-refractivity contribution in [1.82, 2.24) is 9.88 Å². The first-order valence-electron chi connectivity index (χ1n) is 11.2. The van der Waals surface area contributed by atoms with Crippen LogP contribution in [0.15, 0.2) is 34.8 Å². The molecule has 0 saturated carbocycles. The summed E-state index contributed by atoms with van der Waals surface area (Å²) in [6.45, 7) is 6.92. The average molecular weight is 506 g/mol. The fourth-order valence-corrected chi connectivity index (χ4v) is 5.29. The van der Waals surface area contributed by atoms with Crippen molar-refractivity contribution >= 4 is 39.9 Å². The van der Waals surface area contributed by atoms with Crippen molar-refractivity contribution in [2.24, 2.45) is 5.16 Å². The fraction of sp³-hybridized carbons (Fsp3) is 0.522. The number of hydrogen-bond donors (Lipinski definition) is 1. The number of oxime groups is 1. The molecule has 1 aromatic carbocycles. The summed E-state index contributed by atoms with van der Waals surface area (Å²) in [4.78, 5) is 24.6. The average Bonchev–Trinajstić information content (AvgIpc) is 3.47. The molecule has 1 N–H and O–H groups in total. The van der Waals surface area contributed by atoms with Gasteiger partial charge in [0.15, 0.2) is 6.10 Å². The molecule has 11 heteroatoms. The zero-order valence-corrected chi connectivity index (χ0v) is 21.1. The molecule has 4 rings (SSSR count). The molecule has 0 bridgehead atoms. The van der Waals surface area contributed by atoms with E-state index in [1.54, 1.807) is 16.2 Å². The highest BCUT2D eigenvalue weighted by atomic mass is 32.2. The van der Waals surface area contributed by atoms with Gasteiger partial charge in [0.25, 0.3) is 0 Å². The number of rotatable bonds is 6. The molecule has 34 heavy (non-hydrogen) atoms. The predicted molar refractivity (Wildman–Crippen MR) is 131 cm³/mol. The molecule has 184 valence electrons. The molecule has 2 unspecified atom stereocenters. The van der Waals surface area contributed by atoms with Crippen LogP contribution in [0, 0.1) is 0 Å². The topological polar surface area (TPSA) is 116 Å². The molecule has 1 amide bonds. The van der Waals surface area contributed by atoms with Crippen LogP contribution < -0.4 is 5.32 Å². The van der Waals surface area contributed by atoms with Gasteiger partial charge in [-0.05, 0) is 50.8 Å². The molecule has 2 aliphatic rings. The van der Waals surface area contributed by atoms with Crippen molar-refractivity contribution in [3.8, 4) is 0 Å². The second kappa shape index (κ2) is 10.4. The van der Waals surface area contributed by atoms with Crippen molar-refractivity contribution in [1.29, 1.82) is 0 Å². The third-order valence-corrected chi connectivity index (χ3v) is 7.06. The second-order valence-corrected chi connectivity index (χ2v) is 11.1. The van der Waals surface area contributed by atoms with Gasteiger partial charge in [-0.25, -0.2) is 9.78 Å². The SMILES string of the molecule is CC(C)(C)OC(=O)N1CCC(c2nc(C3=NOC(c4ccccc4NCS(=O)[O-])C3)cs2)CC1. The number of likely N-dealkylation sites (tertiary alicyclic amines) is 1. The van der Waals surface area contributed by atoms with E-state index in [-0.39, 0.29) is 18.1 Å². The minimum absolute atomic E-state index is 0.167. The van der Waals surface area contributed by atoms with Crippen molar-refractivity contribution in [3.63, 3.8) is 0 Å². The van der Waals surface area contributed by atoms with Gasteiger partial charge in [0.05, 0.1) is 16.6 Å². The molecule has 2 aromatic rings. The van der Waals surface area contributed by atoms with Crippen LogP contribution in [0.25, 0.3) is 0 Å². The molecule has 9 nitrogen and oxygen atoms in total. The number of anilines is 1. The van der Waals surface area contributed by atoms with E-state index in [9.17, 15) is 13.6 Å². The Morgan fingerprint density at radius 2 is 2.06 bits per heavy atom. The molecule has 3 heterocycles. The number of hydrogen-bond acceptors (Lipinski definition) is 9. The van der Waals surface area contributed by atoms with Crippen molar-refractivity contribution in [3.05, 3.63) is 45.9 Å². The van der Waals surface area contributed by atoms with Gasteiger partial charge >= 0.3 is 6.09 Å². The Morgan fingerprint density at radius 3 is 2.76 bits per heavy atom. The molecule has 0 spiro atoms. The first-order chi connectivity index (χ1) is 16.2. The number of piperidine rings is 1. The van der Waals surface area contributed by atoms with Crippen LogP contribution in [-0.4, -0.2) is 55.0 Å². The fourth-order valence-electron chi connectivity index (χ4n) is 4.01. The first kappa shape index (κ1) is 24.6. The van der Waals surface area contributed by atoms with Gasteiger partial charge in [-0.2, -0.15) is 0 Å². The van der Waals surface area contributed by atoms with Crippen LogP contribution in [0.2, 0.25) is 0 Å². The minimum atomic E-state index is -2.19. The van der Waals surface area contributed by atoms with E-state index in [1.807, 2.05) is 50.4 Å². The lowest BCUT2D eigenvalue weighted by Crippen LogP contribution is -2.41. The number of benzene rings is 1. The normalized spacial score (nSPS) is 19.9. The Kier molecular flexibility index (Phi) is 7.54. The van der Waals surface area contributed by atoms with Crippen LogP contribution in [0.3, 0.4) is 0 Å². The van der Waals surface area contributed by atoms with E-state index in [4.69, 9.17) is 14.6 Å². The maximum atomic E-state index is 12.3. The Balaban J connectivity index is 1.34. The molecule has 1 aromatic heterocycles. The Labute approximate surface area is 205 Å². The van der Waals surface area contributed by atoms with E-state index in [0.29, 0.717) is 31.1 Å². The molecule has 0 radical (unpaired) electrons. The molecule has 0 aliphatic carbocycles. The van der Waals surface area contributed by atoms with E-state index < -0.39 is 16.7 Å². The summed E-state index contributed by atoms with van der Waals surface area (Å²) in [5, 5.41) is 10.2. The van der Waals surface area contributed by atoms with Gasteiger partial charge in [-0.1, -0.05) is 23.4 Å². The van der Waals surface area contributed by atoms with E-state index >= 15 is 0 Å². The van der Waals surface area contributed by atoms with Gasteiger partial charge in [0.1, 0.15) is 11.3 Å². The molecular formula is C23H29N4O5S2-. The van der Waals surface area contributed by atoms with E-state index in [2.05, 4.69) is 10.5 Å². The van der Waals surface area contributed by atoms with Crippen molar-refractivity contribution in [2.45, 2.75) is 57.7 Å². The van der Waals surface area contributed by atoms with Crippen LogP contribution in [0.1, 0.15) is 68.3 Å². The molecular weight excluding hydrogens is 476 g/mol. The number of amides is 1. The number of ether oxygens (including phenoxy) is 1. The maximum absolute atomic E-state index is 12.3. The highest BCUT2D eigenvalue weighted by Crippen LogP contribution is 2.36. The summed E-state index contributed by atoms with van der Waals surface area (Å²) in [5.74, 6) is 0.133. The second-order valence-electron chi connectivity index (χ2n) is 9.36. The van der Waals surface area contributed by atoms with Gasteiger partial charge < -0.3 is 24.3 Å². The lowest BCUT2D eigenvalue weighted by Gasteiger charge is -2.32. The van der Waals surface area contributed by atoms with Gasteiger partial charge in [-0.3, -0.25) is 4.21 Å². The smallest absolute Gasteiger partial charge is 0.410 e. The van der Waals surface area contributed by atoms with Gasteiger partial charge in [0, 0.05) is 42.1 Å². The number of carbonyl (C=O) groups is 1. The van der Waals surface area contributed by atoms with Crippen LogP contribution in [0.5, 0.6) is 0 Å². The third-order valence-electron chi connectivity index (χ3n) is 5.67. The summed E-state index contributed by atoms with van der Waals surface area (Å²) in [7, 11) is 0. The predicted octanol–water partition coefficient (Wildman–Crippen LogP) is 4.37. The highest BCUT2D eigenvalue weighted by Gasteiger charge is 2.31. The van der Waals surface area contributed by atoms with Crippen LogP contribution >= 0.6 is 11.3 Å². The Hall–Kier alpha value is -2.50. The maximum Gasteiger partial charge on any atom is 0.410 e. The standard InChI is InChI=1S/C23H30N4O5S2/c1-23(2,3)31-22(28)27-10-8-15(9-11-27)21-25-19(13-33-21)18-12-20(32-26-18)16-6-4-5-7-17(16)24-14-34(29)30/h4-7,13,15,20,24H,8-12,14H2,1-3H3,(H,29,30)/p-1. The Bertz CT molecular complexity index is 1070. The molecule has 1 fully saturated rings. The van der Waals surface area contributed by atoms with E-state index in [0.717, 1.165) is 34.8 Å². The summed E-state index contributed by atoms with van der Waals surface area (Å²) in [6.07, 6.45) is 1.68. The number of nitrogens with zero attached hydrogens (tertiary/aromatic N) is 3. The molecule has 1 saturated heterocycles. The monoisotopic (exact) mass is 505 g/mol. The third kappa shape index (κ3) is 6.13. The van der Waals surface area contributed by atoms with Crippen LogP contribution in [-0.2, 0) is 20.7 Å². The number of carbonyl (C=O) groups excluding carboxylic acids is 1. The lowest BCUT2D eigenvalue weighted by atomic mass is 9.97. The van der Waals surface area contributed by atoms with Gasteiger partial charge in [0.2, 0.25) is 0 Å². The summed E-state index contributed by atoms with van der Waals surface area (Å²) >= 11 is -0.579. The largest absolute Gasteiger partial charge is 0.771 e. The van der Waals surface area contributed by atoms with E-state index in [1.165, 1.54) is 0 Å². The van der Waals surface area contributed by atoms with Crippen molar-refractivity contribution in [2.75, 3.05) is 24.3 Å². The number of thiazole rings is 1. The highest BCUT2D eigenvalue weighted by molar-refractivity contribution is 7.79. The first-order valence-corrected chi connectivity index (χ1v) is 13.4. The van der Waals surface area contributed by atoms with Crippen molar-refractivity contribution < 1.29 is 23.1 Å². The number of aromatic nitrogens is 1. The quantitative estimate of drug-likeness (QED) is 0.579.